The number of carbonyl (C=O) groups is 2. The molecule has 0 radical (unpaired) electrons. The maximum absolute atomic E-state index is 12.3. The van der Waals surface area contributed by atoms with Crippen molar-refractivity contribution < 1.29 is 14.3 Å². The van der Waals surface area contributed by atoms with E-state index in [0.29, 0.717) is 12.5 Å². The summed E-state index contributed by atoms with van der Waals surface area (Å²) in [6.45, 7) is 14.2. The van der Waals surface area contributed by atoms with Crippen LogP contribution in [0.3, 0.4) is 0 Å². The SMILES string of the molecule is CCC(C)NC(=NCC(=O)N(C)C)NCC(CC)(CC)NC(=O)OC(C)(C)C.I. The summed E-state index contributed by atoms with van der Waals surface area (Å²) in [5.41, 5.74) is -1.03. The minimum absolute atomic E-state index is 0. The first-order chi connectivity index (χ1) is 12.9. The van der Waals surface area contributed by atoms with E-state index < -0.39 is 17.2 Å². The van der Waals surface area contributed by atoms with Crippen molar-refractivity contribution >= 4 is 41.9 Å². The third kappa shape index (κ3) is 12.8. The van der Waals surface area contributed by atoms with Crippen molar-refractivity contribution in [2.75, 3.05) is 27.2 Å². The maximum Gasteiger partial charge on any atom is 0.408 e. The molecule has 0 aliphatic carbocycles. The van der Waals surface area contributed by atoms with E-state index in [1.807, 2.05) is 34.6 Å². The highest BCUT2D eigenvalue weighted by molar-refractivity contribution is 14.0. The Morgan fingerprint density at radius 1 is 1.10 bits per heavy atom. The topological polar surface area (TPSA) is 95.1 Å². The number of halogens is 1. The summed E-state index contributed by atoms with van der Waals surface area (Å²) >= 11 is 0. The number of hydrogen-bond donors (Lipinski definition) is 3. The lowest BCUT2D eigenvalue weighted by Crippen LogP contribution is -2.57. The number of rotatable bonds is 9. The Morgan fingerprint density at radius 3 is 2.07 bits per heavy atom. The maximum atomic E-state index is 12.3. The number of likely N-dealkylation sites (N-methyl/N-ethyl adjacent to an activating group) is 1. The van der Waals surface area contributed by atoms with Gasteiger partial charge in [-0.1, -0.05) is 20.8 Å². The number of alkyl carbamates (subject to hydrolysis) is 1. The second-order valence-electron chi connectivity index (χ2n) is 8.37. The highest BCUT2D eigenvalue weighted by atomic mass is 127. The monoisotopic (exact) mass is 527 g/mol. The van der Waals surface area contributed by atoms with Crippen molar-refractivity contribution in [1.29, 1.82) is 0 Å². The Labute approximate surface area is 194 Å². The standard InChI is InChI=1S/C20H41N5O3.HI/c1-10-15(4)23-17(21-13-16(26)25(8)9)22-14-20(11-2,12-3)24-18(27)28-19(5,6)7;/h15H,10-14H2,1-9H3,(H,24,27)(H2,21,22,23);1H. The van der Waals surface area contributed by atoms with Crippen LogP contribution in [0.1, 0.15) is 67.7 Å². The van der Waals surface area contributed by atoms with Crippen LogP contribution in [0.15, 0.2) is 4.99 Å². The predicted octanol–water partition coefficient (Wildman–Crippen LogP) is 3.11. The molecule has 9 heteroatoms. The fourth-order valence-corrected chi connectivity index (χ4v) is 2.27. The molecule has 3 N–H and O–H groups in total. The minimum Gasteiger partial charge on any atom is -0.444 e. The summed E-state index contributed by atoms with van der Waals surface area (Å²) in [5.74, 6) is 0.483. The van der Waals surface area contributed by atoms with E-state index >= 15 is 0 Å². The van der Waals surface area contributed by atoms with Gasteiger partial charge in [-0.05, 0) is 47.0 Å². The van der Waals surface area contributed by atoms with Crippen LogP contribution in [-0.4, -0.2) is 67.2 Å². The van der Waals surface area contributed by atoms with E-state index in [2.05, 4.69) is 34.8 Å². The highest BCUT2D eigenvalue weighted by Gasteiger charge is 2.30. The lowest BCUT2D eigenvalue weighted by atomic mass is 9.93. The van der Waals surface area contributed by atoms with Crippen LogP contribution in [0.25, 0.3) is 0 Å². The Balaban J connectivity index is 0. The number of hydrogen-bond acceptors (Lipinski definition) is 4. The predicted molar refractivity (Wildman–Crippen MR) is 130 cm³/mol. The van der Waals surface area contributed by atoms with Crippen molar-refractivity contribution in [2.45, 2.75) is 84.9 Å². The molecule has 0 aromatic heterocycles. The Kier molecular flexibility index (Phi) is 14.3. The summed E-state index contributed by atoms with van der Waals surface area (Å²) in [6, 6.07) is 0.206. The van der Waals surface area contributed by atoms with Gasteiger partial charge in [0, 0.05) is 26.7 Å². The molecule has 1 atom stereocenters. The first-order valence-corrected chi connectivity index (χ1v) is 10.1. The fourth-order valence-electron chi connectivity index (χ4n) is 2.27. The Hall–Kier alpha value is -1.26. The van der Waals surface area contributed by atoms with Crippen LogP contribution in [0.5, 0.6) is 0 Å². The first kappa shape index (κ1) is 29.9. The molecule has 0 aliphatic heterocycles. The molecule has 172 valence electrons. The first-order valence-electron chi connectivity index (χ1n) is 10.1. The summed E-state index contributed by atoms with van der Waals surface area (Å²) in [4.78, 5) is 30.1. The molecule has 29 heavy (non-hydrogen) atoms. The Morgan fingerprint density at radius 2 is 1.66 bits per heavy atom. The molecule has 0 heterocycles. The van der Waals surface area contributed by atoms with E-state index in [0.717, 1.165) is 19.3 Å². The van der Waals surface area contributed by atoms with Gasteiger partial charge in [-0.25, -0.2) is 9.79 Å². The van der Waals surface area contributed by atoms with Crippen molar-refractivity contribution in [3.63, 3.8) is 0 Å². The zero-order valence-corrected chi connectivity index (χ0v) is 22.0. The smallest absolute Gasteiger partial charge is 0.408 e. The van der Waals surface area contributed by atoms with Crippen LogP contribution in [-0.2, 0) is 9.53 Å². The Bertz CT molecular complexity index is 529. The van der Waals surface area contributed by atoms with Crippen molar-refractivity contribution in [2.24, 2.45) is 4.99 Å². The lowest BCUT2D eigenvalue weighted by Gasteiger charge is -2.34. The summed E-state index contributed by atoms with van der Waals surface area (Å²) in [7, 11) is 3.41. The average molecular weight is 527 g/mol. The molecule has 0 rings (SSSR count). The lowest BCUT2D eigenvalue weighted by molar-refractivity contribution is -0.127. The summed E-state index contributed by atoms with van der Waals surface area (Å²) < 4.78 is 5.42. The van der Waals surface area contributed by atoms with Crippen molar-refractivity contribution in [3.05, 3.63) is 0 Å². The van der Waals surface area contributed by atoms with Crippen LogP contribution in [0.4, 0.5) is 4.79 Å². The van der Waals surface area contributed by atoms with E-state index in [1.165, 1.54) is 4.90 Å². The fraction of sp³-hybridized carbons (Fsp3) is 0.850. The van der Waals surface area contributed by atoms with Crippen LogP contribution >= 0.6 is 24.0 Å². The van der Waals surface area contributed by atoms with Gasteiger partial charge in [0.05, 0.1) is 5.54 Å². The molecule has 0 spiro atoms. The molecule has 8 nitrogen and oxygen atoms in total. The second kappa shape index (κ2) is 13.9. The molecule has 0 aromatic rings. The van der Waals surface area contributed by atoms with Gasteiger partial charge in [0.1, 0.15) is 12.1 Å². The van der Waals surface area contributed by atoms with Gasteiger partial charge in [0.15, 0.2) is 5.96 Å². The zero-order chi connectivity index (χ0) is 22.0. The number of amides is 2. The van der Waals surface area contributed by atoms with Gasteiger partial charge in [-0.15, -0.1) is 24.0 Å². The minimum atomic E-state index is -0.554. The third-order valence-electron chi connectivity index (χ3n) is 4.58. The number of guanidine groups is 1. The second-order valence-corrected chi connectivity index (χ2v) is 8.37. The molecule has 0 saturated heterocycles. The van der Waals surface area contributed by atoms with Gasteiger partial charge < -0.3 is 25.6 Å². The van der Waals surface area contributed by atoms with E-state index in [-0.39, 0.29) is 42.5 Å². The molecule has 0 fully saturated rings. The zero-order valence-electron chi connectivity index (χ0n) is 19.6. The summed E-state index contributed by atoms with van der Waals surface area (Å²) in [5, 5.41) is 9.60. The third-order valence-corrected chi connectivity index (χ3v) is 4.58. The molecule has 0 saturated carbocycles. The number of ether oxygens (including phenoxy) is 1. The number of nitrogens with zero attached hydrogens (tertiary/aromatic N) is 2. The molecule has 0 aliphatic rings. The van der Waals surface area contributed by atoms with Gasteiger partial charge in [0.25, 0.3) is 0 Å². The molecular weight excluding hydrogens is 485 g/mol. The number of nitrogens with one attached hydrogen (secondary N) is 3. The number of carbonyl (C=O) groups excluding carboxylic acids is 2. The van der Waals surface area contributed by atoms with Gasteiger partial charge >= 0.3 is 6.09 Å². The number of aliphatic imine (C=N–C) groups is 1. The van der Waals surface area contributed by atoms with Crippen LogP contribution in [0, 0.1) is 0 Å². The quantitative estimate of drug-likeness (QED) is 0.243. The van der Waals surface area contributed by atoms with Crippen molar-refractivity contribution in [3.8, 4) is 0 Å². The van der Waals surface area contributed by atoms with Crippen LogP contribution in [0.2, 0.25) is 0 Å². The van der Waals surface area contributed by atoms with Crippen LogP contribution < -0.4 is 16.0 Å². The normalized spacial score (nSPS) is 13.1. The molecule has 0 bridgehead atoms. The largest absolute Gasteiger partial charge is 0.444 e. The van der Waals surface area contributed by atoms with Crippen molar-refractivity contribution in [1.82, 2.24) is 20.9 Å². The van der Waals surface area contributed by atoms with E-state index in [9.17, 15) is 9.59 Å². The molecule has 1 unspecified atom stereocenters. The van der Waals surface area contributed by atoms with Gasteiger partial charge in [-0.3, -0.25) is 4.79 Å². The van der Waals surface area contributed by atoms with E-state index in [1.54, 1.807) is 14.1 Å². The molecule has 0 aromatic carbocycles. The average Bonchev–Trinajstić information content (AvgIpc) is 2.60. The summed E-state index contributed by atoms with van der Waals surface area (Å²) in [6.07, 6.45) is 1.94. The molecular formula is C20H42IN5O3. The highest BCUT2D eigenvalue weighted by Crippen LogP contribution is 2.16. The van der Waals surface area contributed by atoms with Gasteiger partial charge in [-0.2, -0.15) is 0 Å². The van der Waals surface area contributed by atoms with Gasteiger partial charge in [0.2, 0.25) is 5.91 Å². The molecule has 2 amide bonds. The van der Waals surface area contributed by atoms with E-state index in [4.69, 9.17) is 4.74 Å².